The number of para-hydroxylation sites is 2. The lowest BCUT2D eigenvalue weighted by Crippen LogP contribution is -2.34. The predicted octanol–water partition coefficient (Wildman–Crippen LogP) is 3.70. The van der Waals surface area contributed by atoms with E-state index < -0.39 is 0 Å². The molecule has 0 bridgehead atoms. The maximum absolute atomic E-state index is 13.3. The maximum atomic E-state index is 13.3. The SMILES string of the molecule is COc1cccc(/C=C2/CN(C)C/C(=C/c3cccc(OC)c3OC)C2=O)c1OC. The summed E-state index contributed by atoms with van der Waals surface area (Å²) < 4.78 is 21.8. The molecule has 1 heterocycles. The van der Waals surface area contributed by atoms with Gasteiger partial charge in [0.05, 0.1) is 28.4 Å². The molecule has 0 aromatic heterocycles. The van der Waals surface area contributed by atoms with Gasteiger partial charge in [0.1, 0.15) is 0 Å². The first-order valence-corrected chi connectivity index (χ1v) is 9.58. The number of ether oxygens (including phenoxy) is 4. The number of methoxy groups -OCH3 is 4. The van der Waals surface area contributed by atoms with E-state index in [-0.39, 0.29) is 5.78 Å². The normalized spacial score (nSPS) is 17.3. The Balaban J connectivity index is 2.03. The standard InChI is InChI=1S/C24H27NO5/c1-25-14-18(12-16-8-6-10-20(27-2)23(16)29-4)22(26)19(15-25)13-17-9-7-11-21(28-3)24(17)30-5/h6-13H,14-15H2,1-5H3/b18-12-,19-13-. The van der Waals surface area contributed by atoms with Crippen LogP contribution in [0.3, 0.4) is 0 Å². The Morgan fingerprint density at radius 1 is 0.733 bits per heavy atom. The lowest BCUT2D eigenvalue weighted by Gasteiger charge is -2.26. The molecule has 6 heteroatoms. The van der Waals surface area contributed by atoms with Crippen molar-refractivity contribution < 1.29 is 23.7 Å². The second kappa shape index (κ2) is 9.50. The Morgan fingerprint density at radius 3 is 1.53 bits per heavy atom. The summed E-state index contributed by atoms with van der Waals surface area (Å²) in [5, 5.41) is 0. The number of likely N-dealkylation sites (tertiary alicyclic amines) is 1. The maximum Gasteiger partial charge on any atom is 0.187 e. The van der Waals surface area contributed by atoms with Crippen molar-refractivity contribution in [1.82, 2.24) is 4.90 Å². The number of Topliss-reactive ketones (excluding diaryl/α,β-unsaturated/α-hetero) is 1. The van der Waals surface area contributed by atoms with Gasteiger partial charge >= 0.3 is 0 Å². The van der Waals surface area contributed by atoms with Crippen LogP contribution in [0, 0.1) is 0 Å². The molecule has 1 fully saturated rings. The van der Waals surface area contributed by atoms with Crippen molar-refractivity contribution in [2.75, 3.05) is 48.6 Å². The zero-order valence-corrected chi connectivity index (χ0v) is 18.0. The van der Waals surface area contributed by atoms with Crippen LogP contribution >= 0.6 is 0 Å². The van der Waals surface area contributed by atoms with Crippen molar-refractivity contribution in [3.8, 4) is 23.0 Å². The summed E-state index contributed by atoms with van der Waals surface area (Å²) in [6, 6.07) is 11.2. The lowest BCUT2D eigenvalue weighted by molar-refractivity contribution is -0.113. The molecular weight excluding hydrogens is 382 g/mol. The number of ketones is 1. The lowest BCUT2D eigenvalue weighted by atomic mass is 9.94. The molecule has 1 aliphatic heterocycles. The first kappa shape index (κ1) is 21.5. The average Bonchev–Trinajstić information content (AvgIpc) is 2.76. The van der Waals surface area contributed by atoms with Crippen LogP contribution in [0.1, 0.15) is 11.1 Å². The molecule has 30 heavy (non-hydrogen) atoms. The number of hydrogen-bond donors (Lipinski definition) is 0. The largest absolute Gasteiger partial charge is 0.493 e. The summed E-state index contributed by atoms with van der Waals surface area (Å²) in [4.78, 5) is 15.4. The fourth-order valence-corrected chi connectivity index (χ4v) is 3.64. The summed E-state index contributed by atoms with van der Waals surface area (Å²) in [7, 11) is 8.36. The van der Waals surface area contributed by atoms with Crippen molar-refractivity contribution in [2.24, 2.45) is 0 Å². The zero-order chi connectivity index (χ0) is 21.7. The Labute approximate surface area is 177 Å². The fourth-order valence-electron chi connectivity index (χ4n) is 3.64. The molecule has 0 N–H and O–H groups in total. The Kier molecular flexibility index (Phi) is 6.79. The first-order valence-electron chi connectivity index (χ1n) is 9.58. The summed E-state index contributed by atoms with van der Waals surface area (Å²) >= 11 is 0. The highest BCUT2D eigenvalue weighted by Crippen LogP contribution is 2.35. The Morgan fingerprint density at radius 2 is 1.17 bits per heavy atom. The van der Waals surface area contributed by atoms with E-state index in [9.17, 15) is 4.79 Å². The highest BCUT2D eigenvalue weighted by Gasteiger charge is 2.25. The van der Waals surface area contributed by atoms with E-state index in [1.165, 1.54) is 0 Å². The third-order valence-corrected chi connectivity index (χ3v) is 4.99. The topological polar surface area (TPSA) is 57.2 Å². The highest BCUT2D eigenvalue weighted by atomic mass is 16.5. The Bertz CT molecular complexity index is 916. The van der Waals surface area contributed by atoms with Gasteiger partial charge in [-0.05, 0) is 31.3 Å². The van der Waals surface area contributed by atoms with Crippen molar-refractivity contribution in [3.63, 3.8) is 0 Å². The van der Waals surface area contributed by atoms with E-state index in [2.05, 4.69) is 4.90 Å². The van der Waals surface area contributed by atoms with E-state index in [4.69, 9.17) is 18.9 Å². The monoisotopic (exact) mass is 409 g/mol. The molecule has 3 rings (SSSR count). The van der Waals surface area contributed by atoms with E-state index in [0.717, 1.165) is 11.1 Å². The number of nitrogens with zero attached hydrogens (tertiary/aromatic N) is 1. The van der Waals surface area contributed by atoms with Crippen molar-refractivity contribution >= 4 is 17.9 Å². The summed E-state index contributed by atoms with van der Waals surface area (Å²) in [6.45, 7) is 1.09. The second-order valence-corrected chi connectivity index (χ2v) is 7.01. The van der Waals surface area contributed by atoms with Gasteiger partial charge in [0.2, 0.25) is 0 Å². The fraction of sp³-hybridized carbons (Fsp3) is 0.292. The van der Waals surface area contributed by atoms with Crippen LogP contribution in [-0.2, 0) is 4.79 Å². The number of rotatable bonds is 6. The number of carbonyl (C=O) groups excluding carboxylic acids is 1. The van der Waals surface area contributed by atoms with Gasteiger partial charge in [0.25, 0.3) is 0 Å². The second-order valence-electron chi connectivity index (χ2n) is 7.01. The number of hydrogen-bond acceptors (Lipinski definition) is 6. The minimum atomic E-state index is 0.00264. The molecule has 1 aliphatic rings. The van der Waals surface area contributed by atoms with Gasteiger partial charge in [0, 0.05) is 35.4 Å². The quantitative estimate of drug-likeness (QED) is 0.678. The molecule has 2 aromatic carbocycles. The smallest absolute Gasteiger partial charge is 0.187 e. The van der Waals surface area contributed by atoms with Crippen molar-refractivity contribution in [3.05, 3.63) is 58.7 Å². The third kappa shape index (κ3) is 4.33. The van der Waals surface area contributed by atoms with Crippen LogP contribution in [0.25, 0.3) is 12.2 Å². The van der Waals surface area contributed by atoms with Gasteiger partial charge in [0.15, 0.2) is 28.8 Å². The van der Waals surface area contributed by atoms with Crippen LogP contribution in [0.2, 0.25) is 0 Å². The van der Waals surface area contributed by atoms with Gasteiger partial charge in [-0.2, -0.15) is 0 Å². The number of carbonyl (C=O) groups is 1. The van der Waals surface area contributed by atoms with Crippen molar-refractivity contribution in [1.29, 1.82) is 0 Å². The van der Waals surface area contributed by atoms with Gasteiger partial charge in [-0.3, -0.25) is 9.69 Å². The van der Waals surface area contributed by atoms with Crippen LogP contribution in [0.4, 0.5) is 0 Å². The predicted molar refractivity (Wildman–Crippen MR) is 118 cm³/mol. The summed E-state index contributed by atoms with van der Waals surface area (Å²) in [5.41, 5.74) is 2.97. The van der Waals surface area contributed by atoms with Crippen LogP contribution in [-0.4, -0.2) is 59.3 Å². The molecule has 0 unspecified atom stereocenters. The average molecular weight is 409 g/mol. The molecule has 0 amide bonds. The van der Waals surface area contributed by atoms with E-state index in [1.807, 2.05) is 55.6 Å². The zero-order valence-electron chi connectivity index (χ0n) is 18.0. The number of piperidine rings is 1. The van der Waals surface area contributed by atoms with Crippen molar-refractivity contribution in [2.45, 2.75) is 0 Å². The third-order valence-electron chi connectivity index (χ3n) is 4.99. The molecule has 0 spiro atoms. The molecule has 0 radical (unpaired) electrons. The van der Waals surface area contributed by atoms with Gasteiger partial charge in [-0.1, -0.05) is 24.3 Å². The van der Waals surface area contributed by atoms with Crippen LogP contribution < -0.4 is 18.9 Å². The van der Waals surface area contributed by atoms with Gasteiger partial charge < -0.3 is 18.9 Å². The molecule has 0 aliphatic carbocycles. The molecule has 1 saturated heterocycles. The van der Waals surface area contributed by atoms with E-state index in [0.29, 0.717) is 47.2 Å². The minimum absolute atomic E-state index is 0.00264. The first-order chi connectivity index (χ1) is 14.5. The molecule has 158 valence electrons. The van der Waals surface area contributed by atoms with Crippen LogP contribution in [0.15, 0.2) is 47.5 Å². The molecule has 6 nitrogen and oxygen atoms in total. The molecule has 2 aromatic rings. The summed E-state index contributed by atoms with van der Waals surface area (Å²) in [5.74, 6) is 2.46. The minimum Gasteiger partial charge on any atom is -0.493 e. The molecular formula is C24H27NO5. The number of likely N-dealkylation sites (N-methyl/N-ethyl adjacent to an activating group) is 1. The van der Waals surface area contributed by atoms with E-state index in [1.54, 1.807) is 28.4 Å². The van der Waals surface area contributed by atoms with Crippen LogP contribution in [0.5, 0.6) is 23.0 Å². The number of benzene rings is 2. The van der Waals surface area contributed by atoms with Gasteiger partial charge in [-0.25, -0.2) is 0 Å². The van der Waals surface area contributed by atoms with Gasteiger partial charge in [-0.15, -0.1) is 0 Å². The highest BCUT2D eigenvalue weighted by molar-refractivity contribution is 6.14. The van der Waals surface area contributed by atoms with E-state index >= 15 is 0 Å². The summed E-state index contributed by atoms with van der Waals surface area (Å²) in [6.07, 6.45) is 3.74. The molecule has 0 atom stereocenters. The Hall–Kier alpha value is -3.25. The molecule has 0 saturated carbocycles.